The number of hydrogen-bond donors (Lipinski definition) is 1. The number of benzene rings is 1. The monoisotopic (exact) mass is 292 g/mol. The van der Waals surface area contributed by atoms with Gasteiger partial charge < -0.3 is 20.1 Å². The van der Waals surface area contributed by atoms with E-state index in [0.717, 1.165) is 31.5 Å². The van der Waals surface area contributed by atoms with E-state index in [1.54, 1.807) is 20.3 Å². The molecule has 1 heterocycles. The summed E-state index contributed by atoms with van der Waals surface area (Å²) in [5, 5.41) is 0. The van der Waals surface area contributed by atoms with Crippen LogP contribution in [-0.2, 0) is 11.2 Å². The number of carbonyl (C=O) groups excluding carboxylic acids is 1. The second-order valence-electron chi connectivity index (χ2n) is 5.36. The largest absolute Gasteiger partial charge is 0.493 e. The first-order valence-electron chi connectivity index (χ1n) is 7.44. The summed E-state index contributed by atoms with van der Waals surface area (Å²) in [6.45, 7) is 1.77. The van der Waals surface area contributed by atoms with Crippen molar-refractivity contribution in [3.8, 4) is 11.5 Å². The Balaban J connectivity index is 2.05. The topological polar surface area (TPSA) is 64.8 Å². The van der Waals surface area contributed by atoms with Gasteiger partial charge in [0, 0.05) is 36.8 Å². The van der Waals surface area contributed by atoms with Crippen molar-refractivity contribution < 1.29 is 14.3 Å². The van der Waals surface area contributed by atoms with Crippen molar-refractivity contribution in [1.82, 2.24) is 4.90 Å². The van der Waals surface area contributed by atoms with Crippen LogP contribution in [0.1, 0.15) is 31.2 Å². The third kappa shape index (κ3) is 3.80. The van der Waals surface area contributed by atoms with Gasteiger partial charge >= 0.3 is 0 Å². The molecule has 0 atom stereocenters. The van der Waals surface area contributed by atoms with Crippen LogP contribution < -0.4 is 15.2 Å². The van der Waals surface area contributed by atoms with Gasteiger partial charge in [-0.25, -0.2) is 0 Å². The molecule has 116 valence electrons. The summed E-state index contributed by atoms with van der Waals surface area (Å²) in [7, 11) is 3.18. The van der Waals surface area contributed by atoms with E-state index in [0.29, 0.717) is 30.0 Å². The smallest absolute Gasteiger partial charge is 0.222 e. The number of aryl methyl sites for hydroxylation is 1. The Morgan fingerprint density at radius 1 is 1.19 bits per heavy atom. The SMILES string of the molecule is COc1cc(N)cc(CCC(=O)N2CCCCC2)c1OC. The van der Waals surface area contributed by atoms with E-state index < -0.39 is 0 Å². The molecular weight excluding hydrogens is 268 g/mol. The summed E-state index contributed by atoms with van der Waals surface area (Å²) >= 11 is 0. The average Bonchev–Trinajstić information content (AvgIpc) is 2.52. The molecule has 1 aromatic carbocycles. The van der Waals surface area contributed by atoms with Crippen LogP contribution in [0.15, 0.2) is 12.1 Å². The standard InChI is InChI=1S/C16H24N2O3/c1-20-14-11-13(17)10-12(16(14)21-2)6-7-15(19)18-8-4-3-5-9-18/h10-11H,3-9,17H2,1-2H3. The first kappa shape index (κ1) is 15.5. The summed E-state index contributed by atoms with van der Waals surface area (Å²) < 4.78 is 10.7. The first-order chi connectivity index (χ1) is 10.2. The summed E-state index contributed by atoms with van der Waals surface area (Å²) in [5.41, 5.74) is 7.41. The Morgan fingerprint density at radius 3 is 2.52 bits per heavy atom. The zero-order valence-electron chi connectivity index (χ0n) is 12.9. The lowest BCUT2D eigenvalue weighted by Gasteiger charge is -2.26. The fourth-order valence-electron chi connectivity index (χ4n) is 2.80. The van der Waals surface area contributed by atoms with Gasteiger partial charge in [0.25, 0.3) is 0 Å². The van der Waals surface area contributed by atoms with E-state index in [2.05, 4.69) is 0 Å². The molecule has 5 heteroatoms. The molecule has 5 nitrogen and oxygen atoms in total. The summed E-state index contributed by atoms with van der Waals surface area (Å²) in [4.78, 5) is 14.2. The van der Waals surface area contributed by atoms with E-state index in [1.165, 1.54) is 6.42 Å². The van der Waals surface area contributed by atoms with E-state index in [9.17, 15) is 4.79 Å². The number of carbonyl (C=O) groups is 1. The Kier molecular flexibility index (Phi) is 5.31. The molecule has 0 spiro atoms. The number of anilines is 1. The van der Waals surface area contributed by atoms with E-state index in [-0.39, 0.29) is 5.91 Å². The van der Waals surface area contributed by atoms with Crippen LogP contribution in [0.5, 0.6) is 11.5 Å². The number of ether oxygens (including phenoxy) is 2. The highest BCUT2D eigenvalue weighted by molar-refractivity contribution is 5.76. The van der Waals surface area contributed by atoms with Crippen LogP contribution in [-0.4, -0.2) is 38.1 Å². The highest BCUT2D eigenvalue weighted by Gasteiger charge is 2.18. The van der Waals surface area contributed by atoms with E-state index >= 15 is 0 Å². The van der Waals surface area contributed by atoms with E-state index in [4.69, 9.17) is 15.2 Å². The molecular formula is C16H24N2O3. The quantitative estimate of drug-likeness (QED) is 0.845. The molecule has 1 aromatic rings. The maximum Gasteiger partial charge on any atom is 0.222 e. The number of rotatable bonds is 5. The molecule has 1 aliphatic heterocycles. The molecule has 1 amide bonds. The third-order valence-electron chi connectivity index (χ3n) is 3.90. The molecule has 0 unspecified atom stereocenters. The number of piperidine rings is 1. The van der Waals surface area contributed by atoms with Crippen LogP contribution in [0, 0.1) is 0 Å². The van der Waals surface area contributed by atoms with Gasteiger partial charge in [-0.15, -0.1) is 0 Å². The van der Waals surface area contributed by atoms with Crippen LogP contribution in [0.25, 0.3) is 0 Å². The number of nitrogens with two attached hydrogens (primary N) is 1. The minimum atomic E-state index is 0.207. The number of methoxy groups -OCH3 is 2. The maximum atomic E-state index is 12.2. The third-order valence-corrected chi connectivity index (χ3v) is 3.90. The average molecular weight is 292 g/mol. The van der Waals surface area contributed by atoms with Crippen molar-refractivity contribution in [2.45, 2.75) is 32.1 Å². The molecule has 0 radical (unpaired) electrons. The Labute approximate surface area is 126 Å². The lowest BCUT2D eigenvalue weighted by molar-refractivity contribution is -0.132. The minimum Gasteiger partial charge on any atom is -0.493 e. The van der Waals surface area contributed by atoms with Gasteiger partial charge in [-0.2, -0.15) is 0 Å². The number of nitrogens with zero attached hydrogens (tertiary/aromatic N) is 1. The molecule has 1 fully saturated rings. The predicted molar refractivity (Wildman–Crippen MR) is 82.7 cm³/mol. The number of hydrogen-bond acceptors (Lipinski definition) is 4. The van der Waals surface area contributed by atoms with Crippen molar-refractivity contribution in [3.05, 3.63) is 17.7 Å². The van der Waals surface area contributed by atoms with E-state index in [1.807, 2.05) is 11.0 Å². The van der Waals surface area contributed by atoms with Crippen molar-refractivity contribution in [3.63, 3.8) is 0 Å². The lowest BCUT2D eigenvalue weighted by atomic mass is 10.0. The normalized spacial score (nSPS) is 14.9. The van der Waals surface area contributed by atoms with Gasteiger partial charge in [-0.05, 0) is 31.7 Å². The highest BCUT2D eigenvalue weighted by Crippen LogP contribution is 2.34. The second kappa shape index (κ2) is 7.20. The van der Waals surface area contributed by atoms with Crippen LogP contribution in [0.4, 0.5) is 5.69 Å². The van der Waals surface area contributed by atoms with Crippen LogP contribution >= 0.6 is 0 Å². The second-order valence-corrected chi connectivity index (χ2v) is 5.36. The van der Waals surface area contributed by atoms with Gasteiger partial charge in [0.05, 0.1) is 14.2 Å². The molecule has 2 rings (SSSR count). The Bertz CT molecular complexity index is 497. The minimum absolute atomic E-state index is 0.207. The lowest BCUT2D eigenvalue weighted by Crippen LogP contribution is -2.35. The highest BCUT2D eigenvalue weighted by atomic mass is 16.5. The van der Waals surface area contributed by atoms with Crippen molar-refractivity contribution >= 4 is 11.6 Å². The number of nitrogen functional groups attached to an aromatic ring is 1. The number of amides is 1. The van der Waals surface area contributed by atoms with Gasteiger partial charge in [-0.3, -0.25) is 4.79 Å². The maximum absolute atomic E-state index is 12.2. The molecule has 1 saturated heterocycles. The van der Waals surface area contributed by atoms with Crippen LogP contribution in [0.3, 0.4) is 0 Å². The van der Waals surface area contributed by atoms with Crippen molar-refractivity contribution in [2.75, 3.05) is 33.0 Å². The summed E-state index contributed by atoms with van der Waals surface area (Å²) in [5.74, 6) is 1.48. The molecule has 0 bridgehead atoms. The summed E-state index contributed by atoms with van der Waals surface area (Å²) in [6, 6.07) is 3.58. The predicted octanol–water partition coefficient (Wildman–Crippen LogP) is 2.23. The molecule has 0 aliphatic carbocycles. The van der Waals surface area contributed by atoms with Gasteiger partial charge in [0.1, 0.15) is 0 Å². The summed E-state index contributed by atoms with van der Waals surface area (Å²) in [6.07, 6.45) is 4.54. The van der Waals surface area contributed by atoms with Crippen molar-refractivity contribution in [1.29, 1.82) is 0 Å². The molecule has 2 N–H and O–H groups in total. The molecule has 0 saturated carbocycles. The first-order valence-corrected chi connectivity index (χ1v) is 7.44. The fraction of sp³-hybridized carbons (Fsp3) is 0.562. The van der Waals surface area contributed by atoms with Gasteiger partial charge in [0.15, 0.2) is 11.5 Å². The van der Waals surface area contributed by atoms with Gasteiger partial charge in [-0.1, -0.05) is 0 Å². The van der Waals surface area contributed by atoms with Crippen molar-refractivity contribution in [2.24, 2.45) is 0 Å². The molecule has 0 aromatic heterocycles. The van der Waals surface area contributed by atoms with Gasteiger partial charge in [0.2, 0.25) is 5.91 Å². The Hall–Kier alpha value is -1.91. The molecule has 1 aliphatic rings. The molecule has 21 heavy (non-hydrogen) atoms. The number of likely N-dealkylation sites (tertiary alicyclic amines) is 1. The zero-order valence-corrected chi connectivity index (χ0v) is 12.9. The van der Waals surface area contributed by atoms with Crippen LogP contribution in [0.2, 0.25) is 0 Å². The fourth-order valence-corrected chi connectivity index (χ4v) is 2.80. The Morgan fingerprint density at radius 2 is 1.90 bits per heavy atom. The zero-order chi connectivity index (χ0) is 15.2.